The highest BCUT2D eigenvalue weighted by molar-refractivity contribution is 8.00. The summed E-state index contributed by atoms with van der Waals surface area (Å²) in [6.45, 7) is 4.32. The number of hydrogen-bond donors (Lipinski definition) is 1. The number of carbonyl (C=O) groups excluding carboxylic acids is 2. The van der Waals surface area contributed by atoms with Gasteiger partial charge in [0.15, 0.2) is 4.34 Å². The van der Waals surface area contributed by atoms with E-state index in [4.69, 9.17) is 27.9 Å². The van der Waals surface area contributed by atoms with Crippen molar-refractivity contribution in [3.8, 4) is 5.75 Å². The Labute approximate surface area is 249 Å². The van der Waals surface area contributed by atoms with E-state index in [1.807, 2.05) is 44.2 Å². The van der Waals surface area contributed by atoms with Gasteiger partial charge in [0.1, 0.15) is 11.5 Å². The summed E-state index contributed by atoms with van der Waals surface area (Å²) in [6.07, 6.45) is 0. The van der Waals surface area contributed by atoms with Crippen LogP contribution in [0.1, 0.15) is 35.2 Å². The number of benzene rings is 3. The molecule has 1 aliphatic rings. The van der Waals surface area contributed by atoms with E-state index >= 15 is 0 Å². The molecule has 0 spiro atoms. The highest BCUT2D eigenvalue weighted by Crippen LogP contribution is 2.44. The highest BCUT2D eigenvalue weighted by Gasteiger charge is 2.48. The molecule has 0 aliphatic carbocycles. The fourth-order valence-corrected chi connectivity index (χ4v) is 6.69. The SMILES string of the molecule is CCOc1ccc(/C(O)=C2/C(=O)C(=O)N(c3nnc(SCc4ccc(Cl)cc4Cl)s3)C2c2ccc(C)cc2)cc1. The molecule has 2 heterocycles. The van der Waals surface area contributed by atoms with Crippen LogP contribution in [0, 0.1) is 6.92 Å². The van der Waals surface area contributed by atoms with Crippen molar-refractivity contribution in [3.05, 3.63) is 105 Å². The molecule has 0 bridgehead atoms. The third kappa shape index (κ3) is 5.74. The zero-order valence-corrected chi connectivity index (χ0v) is 24.6. The summed E-state index contributed by atoms with van der Waals surface area (Å²) in [6, 6.07) is 18.6. The lowest BCUT2D eigenvalue weighted by Gasteiger charge is -2.22. The lowest BCUT2D eigenvalue weighted by Crippen LogP contribution is -2.29. The number of ether oxygens (including phenoxy) is 1. The number of rotatable bonds is 8. The molecule has 1 saturated heterocycles. The fraction of sp³-hybridized carbons (Fsp3) is 0.172. The molecule has 1 N–H and O–H groups in total. The van der Waals surface area contributed by atoms with Crippen molar-refractivity contribution in [1.82, 2.24) is 10.2 Å². The quantitative estimate of drug-likeness (QED) is 0.0726. The zero-order chi connectivity index (χ0) is 28.4. The van der Waals surface area contributed by atoms with Crippen LogP contribution in [0.15, 0.2) is 76.6 Å². The number of thioether (sulfide) groups is 1. The van der Waals surface area contributed by atoms with Crippen LogP contribution in [0.4, 0.5) is 5.13 Å². The zero-order valence-electron chi connectivity index (χ0n) is 21.4. The summed E-state index contributed by atoms with van der Waals surface area (Å²) in [5.41, 5.74) is 2.93. The second-order valence-corrected chi connectivity index (χ2v) is 11.9. The van der Waals surface area contributed by atoms with E-state index in [1.54, 1.807) is 36.4 Å². The Balaban J connectivity index is 1.51. The van der Waals surface area contributed by atoms with Crippen molar-refractivity contribution >= 4 is 68.9 Å². The number of aliphatic hydroxyl groups is 1. The van der Waals surface area contributed by atoms with E-state index in [0.29, 0.717) is 43.6 Å². The number of halogens is 2. The number of amides is 1. The van der Waals surface area contributed by atoms with Crippen LogP contribution in [0.5, 0.6) is 5.75 Å². The van der Waals surface area contributed by atoms with Crippen molar-refractivity contribution < 1.29 is 19.4 Å². The summed E-state index contributed by atoms with van der Waals surface area (Å²) in [7, 11) is 0. The lowest BCUT2D eigenvalue weighted by atomic mass is 9.95. The predicted octanol–water partition coefficient (Wildman–Crippen LogP) is 7.47. The fourth-order valence-electron chi connectivity index (χ4n) is 4.26. The van der Waals surface area contributed by atoms with Gasteiger partial charge in [-0.2, -0.15) is 0 Å². The topological polar surface area (TPSA) is 92.6 Å². The van der Waals surface area contributed by atoms with Gasteiger partial charge < -0.3 is 9.84 Å². The summed E-state index contributed by atoms with van der Waals surface area (Å²) in [5.74, 6) is -0.706. The minimum Gasteiger partial charge on any atom is -0.507 e. The first-order chi connectivity index (χ1) is 19.3. The number of hydrogen-bond acceptors (Lipinski definition) is 8. The number of anilines is 1. The van der Waals surface area contributed by atoms with Crippen LogP contribution in [-0.2, 0) is 15.3 Å². The number of aromatic nitrogens is 2. The standard InChI is InChI=1S/C29H23Cl2N3O4S2/c1-3-38-21-12-9-18(10-13-21)25(35)23-24(17-6-4-16(2)5-7-17)34(27(37)26(23)36)28-32-33-29(40-28)39-15-19-8-11-20(30)14-22(19)31/h4-14,24,35H,3,15H2,1-2H3/b25-23-. The minimum absolute atomic E-state index is 0.0182. The molecule has 5 rings (SSSR count). The minimum atomic E-state index is -0.885. The van der Waals surface area contributed by atoms with Gasteiger partial charge in [-0.15, -0.1) is 10.2 Å². The van der Waals surface area contributed by atoms with E-state index < -0.39 is 17.7 Å². The Morgan fingerprint density at radius 1 is 1.05 bits per heavy atom. The van der Waals surface area contributed by atoms with Gasteiger partial charge in [-0.25, -0.2) is 0 Å². The number of Topliss-reactive ketones (excluding diaryl/α,β-unsaturated/α-hetero) is 1. The average molecular weight is 613 g/mol. The molecule has 0 radical (unpaired) electrons. The molecule has 7 nitrogen and oxygen atoms in total. The molecular formula is C29H23Cl2N3O4S2. The van der Waals surface area contributed by atoms with Gasteiger partial charge in [0, 0.05) is 21.4 Å². The van der Waals surface area contributed by atoms with Crippen LogP contribution in [-0.4, -0.2) is 33.6 Å². The molecule has 40 heavy (non-hydrogen) atoms. The largest absolute Gasteiger partial charge is 0.507 e. The first-order valence-electron chi connectivity index (χ1n) is 12.3. The number of aryl methyl sites for hydroxylation is 1. The molecule has 1 atom stereocenters. The molecule has 4 aromatic rings. The van der Waals surface area contributed by atoms with Crippen LogP contribution in [0.3, 0.4) is 0 Å². The van der Waals surface area contributed by atoms with Gasteiger partial charge in [-0.3, -0.25) is 14.5 Å². The van der Waals surface area contributed by atoms with E-state index in [9.17, 15) is 14.7 Å². The van der Waals surface area contributed by atoms with Crippen LogP contribution >= 0.6 is 46.3 Å². The normalized spacial score (nSPS) is 16.5. The molecule has 3 aromatic carbocycles. The highest BCUT2D eigenvalue weighted by atomic mass is 35.5. The van der Waals surface area contributed by atoms with Crippen LogP contribution < -0.4 is 9.64 Å². The van der Waals surface area contributed by atoms with Crippen molar-refractivity contribution in [1.29, 1.82) is 0 Å². The monoisotopic (exact) mass is 611 g/mol. The molecule has 204 valence electrons. The first kappa shape index (κ1) is 28.2. The number of ketones is 1. The van der Waals surface area contributed by atoms with Crippen LogP contribution in [0.25, 0.3) is 5.76 Å². The Kier molecular flexibility index (Phi) is 8.46. The summed E-state index contributed by atoms with van der Waals surface area (Å²) in [5, 5.41) is 21.2. The van der Waals surface area contributed by atoms with E-state index in [2.05, 4.69) is 10.2 Å². The average Bonchev–Trinajstić information content (AvgIpc) is 3.51. The van der Waals surface area contributed by atoms with Crippen molar-refractivity contribution in [2.45, 2.75) is 30.0 Å². The number of carbonyl (C=O) groups is 2. The summed E-state index contributed by atoms with van der Waals surface area (Å²) >= 11 is 14.9. The third-order valence-corrected chi connectivity index (χ3v) is 8.94. The lowest BCUT2D eigenvalue weighted by molar-refractivity contribution is -0.132. The Morgan fingerprint density at radius 3 is 2.45 bits per heavy atom. The Bertz CT molecular complexity index is 1600. The van der Waals surface area contributed by atoms with Crippen molar-refractivity contribution in [2.24, 2.45) is 0 Å². The van der Waals surface area contributed by atoms with E-state index in [1.165, 1.54) is 28.0 Å². The summed E-state index contributed by atoms with van der Waals surface area (Å²) in [4.78, 5) is 28.1. The second-order valence-electron chi connectivity index (χ2n) is 8.91. The Hall–Kier alpha value is -3.37. The smallest absolute Gasteiger partial charge is 0.301 e. The molecule has 1 aliphatic heterocycles. The molecule has 0 saturated carbocycles. The molecular weight excluding hydrogens is 589 g/mol. The van der Waals surface area contributed by atoms with Gasteiger partial charge in [0.05, 0.1) is 18.2 Å². The van der Waals surface area contributed by atoms with Gasteiger partial charge in [-0.1, -0.05) is 82.2 Å². The van der Waals surface area contributed by atoms with Crippen molar-refractivity contribution in [3.63, 3.8) is 0 Å². The number of aliphatic hydroxyl groups excluding tert-OH is 1. The predicted molar refractivity (Wildman–Crippen MR) is 160 cm³/mol. The maximum absolute atomic E-state index is 13.4. The van der Waals surface area contributed by atoms with Gasteiger partial charge >= 0.3 is 5.91 Å². The molecule has 1 fully saturated rings. The van der Waals surface area contributed by atoms with Gasteiger partial charge in [0.2, 0.25) is 5.13 Å². The first-order valence-corrected chi connectivity index (χ1v) is 14.8. The maximum atomic E-state index is 13.4. The Morgan fingerprint density at radius 2 is 1.77 bits per heavy atom. The summed E-state index contributed by atoms with van der Waals surface area (Å²) < 4.78 is 6.08. The molecule has 1 unspecified atom stereocenters. The van der Waals surface area contributed by atoms with Gasteiger partial charge in [-0.05, 0) is 61.4 Å². The third-order valence-electron chi connectivity index (χ3n) is 6.24. The van der Waals surface area contributed by atoms with Gasteiger partial charge in [0.25, 0.3) is 5.78 Å². The van der Waals surface area contributed by atoms with Crippen LogP contribution in [0.2, 0.25) is 10.0 Å². The van der Waals surface area contributed by atoms with E-state index in [-0.39, 0.29) is 16.5 Å². The van der Waals surface area contributed by atoms with Crippen molar-refractivity contribution in [2.75, 3.05) is 11.5 Å². The molecule has 11 heteroatoms. The van der Waals surface area contributed by atoms with E-state index in [0.717, 1.165) is 11.1 Å². The maximum Gasteiger partial charge on any atom is 0.301 e. The number of nitrogens with zero attached hydrogens (tertiary/aromatic N) is 3. The molecule has 1 aromatic heterocycles. The molecule has 1 amide bonds. The second kappa shape index (κ2) is 12.0.